The largest absolute Gasteiger partial charge is 0.347 e. The van der Waals surface area contributed by atoms with Gasteiger partial charge < -0.3 is 10.2 Å². The van der Waals surface area contributed by atoms with E-state index in [0.717, 1.165) is 18.2 Å². The molecule has 2 rings (SSSR count). The Kier molecular flexibility index (Phi) is 4.45. The zero-order valence-corrected chi connectivity index (χ0v) is 13.7. The predicted molar refractivity (Wildman–Crippen MR) is 84.0 cm³/mol. The minimum atomic E-state index is 0.131. The van der Waals surface area contributed by atoms with Crippen LogP contribution in [0.4, 0.5) is 5.13 Å². The second-order valence-corrected chi connectivity index (χ2v) is 7.18. The molecule has 0 aromatic carbocycles. The first-order valence-electron chi connectivity index (χ1n) is 6.72. The number of aryl methyl sites for hydroxylation is 1. The van der Waals surface area contributed by atoms with Crippen molar-refractivity contribution >= 4 is 16.5 Å². The number of aromatic nitrogens is 3. The maximum Gasteiger partial charge on any atom is 0.185 e. The Morgan fingerprint density at radius 2 is 2.10 bits per heavy atom. The summed E-state index contributed by atoms with van der Waals surface area (Å²) in [4.78, 5) is 7.91. The molecule has 0 spiro atoms. The van der Waals surface area contributed by atoms with E-state index in [9.17, 15) is 0 Å². The number of nitrogens with one attached hydrogen (secondary N) is 1. The molecule has 6 heteroatoms. The zero-order chi connectivity index (χ0) is 14.8. The Morgan fingerprint density at radius 1 is 1.35 bits per heavy atom. The highest BCUT2D eigenvalue weighted by molar-refractivity contribution is 7.15. The van der Waals surface area contributed by atoms with Gasteiger partial charge in [0.1, 0.15) is 0 Å². The van der Waals surface area contributed by atoms with E-state index in [4.69, 9.17) is 0 Å². The summed E-state index contributed by atoms with van der Waals surface area (Å²) < 4.78 is 1.82. The molecule has 0 fully saturated rings. The summed E-state index contributed by atoms with van der Waals surface area (Å²) >= 11 is 1.73. The molecule has 2 heterocycles. The molecule has 110 valence electrons. The quantitative estimate of drug-likeness (QED) is 0.919. The number of hydrogen-bond acceptors (Lipinski definition) is 5. The molecule has 1 N–H and O–H groups in total. The first-order chi connectivity index (χ1) is 9.33. The summed E-state index contributed by atoms with van der Waals surface area (Å²) in [5.41, 5.74) is 1.32. The molecule has 0 bridgehead atoms. The van der Waals surface area contributed by atoms with E-state index >= 15 is 0 Å². The first-order valence-corrected chi connectivity index (χ1v) is 7.53. The van der Waals surface area contributed by atoms with Crippen molar-refractivity contribution in [3.8, 4) is 0 Å². The molecule has 0 unspecified atom stereocenters. The van der Waals surface area contributed by atoms with Crippen LogP contribution >= 0.6 is 11.3 Å². The maximum atomic E-state index is 4.50. The van der Waals surface area contributed by atoms with E-state index < -0.39 is 0 Å². The highest BCUT2D eigenvalue weighted by Gasteiger charge is 2.12. The fourth-order valence-electron chi connectivity index (χ4n) is 1.80. The molecular formula is C14H23N5S. The van der Waals surface area contributed by atoms with Gasteiger partial charge in [0.25, 0.3) is 0 Å². The third-order valence-corrected chi connectivity index (χ3v) is 3.95. The molecule has 0 amide bonds. The molecular weight excluding hydrogens is 270 g/mol. The van der Waals surface area contributed by atoms with Crippen molar-refractivity contribution in [2.75, 3.05) is 11.9 Å². The monoisotopic (exact) mass is 293 g/mol. The highest BCUT2D eigenvalue weighted by atomic mass is 32.1. The Hall–Kier alpha value is -1.40. The van der Waals surface area contributed by atoms with E-state index in [-0.39, 0.29) is 5.54 Å². The predicted octanol–water partition coefficient (Wildman–Crippen LogP) is 2.40. The minimum absolute atomic E-state index is 0.131. The molecule has 0 aliphatic rings. The van der Waals surface area contributed by atoms with Gasteiger partial charge in [-0.3, -0.25) is 4.68 Å². The van der Waals surface area contributed by atoms with Gasteiger partial charge in [-0.05, 0) is 20.8 Å². The summed E-state index contributed by atoms with van der Waals surface area (Å²) in [6, 6.07) is 0. The fourth-order valence-corrected chi connectivity index (χ4v) is 2.61. The molecule has 0 saturated carbocycles. The van der Waals surface area contributed by atoms with E-state index in [1.807, 2.05) is 30.3 Å². The van der Waals surface area contributed by atoms with E-state index in [1.54, 1.807) is 11.3 Å². The topological polar surface area (TPSA) is 46.0 Å². The second-order valence-electron chi connectivity index (χ2n) is 6.09. The minimum Gasteiger partial charge on any atom is -0.347 e. The van der Waals surface area contributed by atoms with Crippen molar-refractivity contribution in [3.63, 3.8) is 0 Å². The zero-order valence-electron chi connectivity index (χ0n) is 12.8. The van der Waals surface area contributed by atoms with Crippen molar-refractivity contribution in [1.29, 1.82) is 0 Å². The van der Waals surface area contributed by atoms with E-state index in [0.29, 0.717) is 0 Å². The molecule has 0 radical (unpaired) electrons. The molecule has 2 aromatic rings. The Morgan fingerprint density at radius 3 is 2.70 bits per heavy atom. The summed E-state index contributed by atoms with van der Waals surface area (Å²) in [5.74, 6) is 0. The van der Waals surface area contributed by atoms with Crippen molar-refractivity contribution in [3.05, 3.63) is 29.0 Å². The number of anilines is 1. The highest BCUT2D eigenvalue weighted by Crippen LogP contribution is 2.23. The van der Waals surface area contributed by atoms with Crippen LogP contribution in [0.1, 0.15) is 31.2 Å². The number of thiazole rings is 1. The van der Waals surface area contributed by atoms with Gasteiger partial charge in [-0.25, -0.2) is 4.98 Å². The van der Waals surface area contributed by atoms with Crippen LogP contribution < -0.4 is 10.2 Å². The van der Waals surface area contributed by atoms with Crippen molar-refractivity contribution < 1.29 is 0 Å². The third-order valence-electron chi connectivity index (χ3n) is 2.84. The van der Waals surface area contributed by atoms with Crippen LogP contribution in [0.5, 0.6) is 0 Å². The average Bonchev–Trinajstić information content (AvgIpc) is 2.95. The van der Waals surface area contributed by atoms with Gasteiger partial charge in [0.05, 0.1) is 6.20 Å². The van der Waals surface area contributed by atoms with Gasteiger partial charge in [-0.1, -0.05) is 0 Å². The maximum absolute atomic E-state index is 4.50. The molecule has 20 heavy (non-hydrogen) atoms. The van der Waals surface area contributed by atoms with Gasteiger partial charge in [0, 0.05) is 55.6 Å². The van der Waals surface area contributed by atoms with E-state index in [1.165, 1.54) is 10.4 Å². The van der Waals surface area contributed by atoms with Crippen LogP contribution in [0.3, 0.4) is 0 Å². The standard InChI is InChI=1S/C14H23N5S/c1-14(2,3)16-8-12-7-15-13(20-12)18(4)9-11-6-17-19(5)10-11/h6-7,10,16H,8-9H2,1-5H3. The van der Waals surface area contributed by atoms with Crippen molar-refractivity contribution in [1.82, 2.24) is 20.1 Å². The molecule has 0 aliphatic heterocycles. The average molecular weight is 293 g/mol. The Labute approximate surface area is 124 Å². The lowest BCUT2D eigenvalue weighted by Gasteiger charge is -2.19. The summed E-state index contributed by atoms with van der Waals surface area (Å²) in [5, 5.41) is 8.71. The second kappa shape index (κ2) is 5.93. The first kappa shape index (κ1) is 15.0. The lowest BCUT2D eigenvalue weighted by molar-refractivity contribution is 0.426. The third kappa shape index (κ3) is 4.31. The fraction of sp³-hybridized carbons (Fsp3) is 0.571. The smallest absolute Gasteiger partial charge is 0.185 e. The molecule has 0 aliphatic carbocycles. The molecule has 2 aromatic heterocycles. The molecule has 0 atom stereocenters. The van der Waals surface area contributed by atoms with Crippen LogP contribution in [-0.2, 0) is 20.1 Å². The Bertz CT molecular complexity index is 552. The number of hydrogen-bond donors (Lipinski definition) is 1. The van der Waals surface area contributed by atoms with Gasteiger partial charge >= 0.3 is 0 Å². The SMILES string of the molecule is CN(Cc1cnn(C)c1)c1ncc(CNC(C)(C)C)s1. The molecule has 5 nitrogen and oxygen atoms in total. The Balaban J connectivity index is 1.94. The van der Waals surface area contributed by atoms with Gasteiger partial charge in [-0.2, -0.15) is 5.10 Å². The van der Waals surface area contributed by atoms with E-state index in [2.05, 4.69) is 48.1 Å². The number of nitrogens with zero attached hydrogens (tertiary/aromatic N) is 4. The van der Waals surface area contributed by atoms with Gasteiger partial charge in [0.2, 0.25) is 0 Å². The van der Waals surface area contributed by atoms with Crippen molar-refractivity contribution in [2.45, 2.75) is 39.4 Å². The number of rotatable bonds is 5. The van der Waals surface area contributed by atoms with Crippen LogP contribution in [0.25, 0.3) is 0 Å². The summed E-state index contributed by atoms with van der Waals surface area (Å²) in [6.45, 7) is 8.20. The summed E-state index contributed by atoms with van der Waals surface area (Å²) in [6.07, 6.45) is 5.89. The van der Waals surface area contributed by atoms with Gasteiger partial charge in [0.15, 0.2) is 5.13 Å². The molecule has 0 saturated heterocycles. The van der Waals surface area contributed by atoms with Crippen LogP contribution in [0.2, 0.25) is 0 Å². The van der Waals surface area contributed by atoms with Crippen LogP contribution in [-0.4, -0.2) is 27.4 Å². The van der Waals surface area contributed by atoms with Crippen LogP contribution in [0.15, 0.2) is 18.6 Å². The van der Waals surface area contributed by atoms with Crippen LogP contribution in [0, 0.1) is 0 Å². The van der Waals surface area contributed by atoms with Crippen molar-refractivity contribution in [2.24, 2.45) is 7.05 Å². The lowest BCUT2D eigenvalue weighted by atomic mass is 10.1. The summed E-state index contributed by atoms with van der Waals surface area (Å²) in [7, 11) is 4.00. The normalized spacial score (nSPS) is 11.8. The van der Waals surface area contributed by atoms with Gasteiger partial charge in [-0.15, -0.1) is 11.3 Å². The lowest BCUT2D eigenvalue weighted by Crippen LogP contribution is -2.34.